The Morgan fingerprint density at radius 1 is 0.962 bits per heavy atom. The smallest absolute Gasteiger partial charge is 0.209 e. The summed E-state index contributed by atoms with van der Waals surface area (Å²) in [5.74, 6) is 0. The Hall–Kier alpha value is -2.02. The van der Waals surface area contributed by atoms with Gasteiger partial charge < -0.3 is 0 Å². The lowest BCUT2D eigenvalue weighted by molar-refractivity contribution is 0.590. The first kappa shape index (κ1) is 18.8. The molecule has 0 N–H and O–H groups in total. The number of hydrogen-bond donors (Lipinski definition) is 0. The molecule has 1 heterocycles. The molecule has 26 heavy (non-hydrogen) atoms. The molecule has 0 fully saturated rings. The van der Waals surface area contributed by atoms with Gasteiger partial charge in [-0.1, -0.05) is 29.8 Å². The molecule has 1 atom stereocenters. The molecule has 4 nitrogen and oxygen atoms in total. The fraction of sp³-hybridized carbons (Fsp3) is 0.105. The van der Waals surface area contributed by atoms with Gasteiger partial charge in [-0.3, -0.25) is 0 Å². The summed E-state index contributed by atoms with van der Waals surface area (Å²) in [6.45, 7) is 3.43. The second-order valence-electron chi connectivity index (χ2n) is 5.75. The lowest BCUT2D eigenvalue weighted by atomic mass is 10.2. The summed E-state index contributed by atoms with van der Waals surface area (Å²) in [4.78, 5) is 4.88. The number of benzene rings is 2. The Morgan fingerprint density at radius 2 is 1.58 bits per heavy atom. The number of sulfone groups is 1. The van der Waals surface area contributed by atoms with Crippen LogP contribution in [-0.4, -0.2) is 17.6 Å². The van der Waals surface area contributed by atoms with Crippen molar-refractivity contribution < 1.29 is 12.6 Å². The summed E-state index contributed by atoms with van der Waals surface area (Å²) >= 11 is 5.89. The van der Waals surface area contributed by atoms with Gasteiger partial charge in [0, 0.05) is 15.6 Å². The van der Waals surface area contributed by atoms with Gasteiger partial charge in [0.15, 0.2) is 5.03 Å². The van der Waals surface area contributed by atoms with Crippen molar-refractivity contribution in [2.24, 2.45) is 0 Å². The fourth-order valence-electron chi connectivity index (χ4n) is 2.63. The lowest BCUT2D eigenvalue weighted by Gasteiger charge is -2.14. The van der Waals surface area contributed by atoms with E-state index in [1.165, 1.54) is 12.1 Å². The van der Waals surface area contributed by atoms with Crippen LogP contribution in [0.5, 0.6) is 0 Å². The molecule has 0 aliphatic carbocycles. The summed E-state index contributed by atoms with van der Waals surface area (Å²) in [5, 5.41) is 0.546. The average Bonchev–Trinajstić information content (AvgIpc) is 2.61. The molecule has 2 aromatic carbocycles. The molecule has 1 aromatic heterocycles. The predicted molar refractivity (Wildman–Crippen MR) is 102 cm³/mol. The zero-order valence-corrected chi connectivity index (χ0v) is 16.5. The molecular formula is C19H16ClNO3S2. The van der Waals surface area contributed by atoms with Crippen LogP contribution in [0.25, 0.3) is 0 Å². The van der Waals surface area contributed by atoms with Gasteiger partial charge in [-0.25, -0.2) is 17.6 Å². The highest BCUT2D eigenvalue weighted by Gasteiger charge is 2.28. The van der Waals surface area contributed by atoms with Crippen molar-refractivity contribution in [2.75, 3.05) is 0 Å². The number of aryl methyl sites for hydroxylation is 2. The third-order valence-corrected chi connectivity index (χ3v) is 7.45. The highest BCUT2D eigenvalue weighted by Crippen LogP contribution is 2.31. The van der Waals surface area contributed by atoms with Crippen molar-refractivity contribution in [3.63, 3.8) is 0 Å². The zero-order chi connectivity index (χ0) is 18.9. The van der Waals surface area contributed by atoms with Crippen molar-refractivity contribution in [3.8, 4) is 0 Å². The second-order valence-corrected chi connectivity index (χ2v) is 9.47. The van der Waals surface area contributed by atoms with Gasteiger partial charge >= 0.3 is 0 Å². The molecular weight excluding hydrogens is 390 g/mol. The van der Waals surface area contributed by atoms with E-state index in [2.05, 4.69) is 4.98 Å². The van der Waals surface area contributed by atoms with E-state index >= 15 is 0 Å². The van der Waals surface area contributed by atoms with Crippen molar-refractivity contribution in [2.45, 2.75) is 33.6 Å². The third-order valence-electron chi connectivity index (χ3n) is 3.78. The van der Waals surface area contributed by atoms with Gasteiger partial charge in [0.05, 0.1) is 4.90 Å². The van der Waals surface area contributed by atoms with Crippen LogP contribution in [-0.2, 0) is 20.6 Å². The second kappa shape index (κ2) is 7.31. The van der Waals surface area contributed by atoms with Crippen LogP contribution in [0.3, 0.4) is 0 Å². The number of hydrogen-bond acceptors (Lipinski definition) is 4. The number of pyridine rings is 1. The Bertz CT molecular complexity index is 1080. The minimum atomic E-state index is -3.86. The van der Waals surface area contributed by atoms with Crippen LogP contribution in [0.4, 0.5) is 0 Å². The largest absolute Gasteiger partial charge is 0.247 e. The van der Waals surface area contributed by atoms with E-state index in [1.807, 2.05) is 0 Å². The molecule has 3 rings (SSSR count). The molecule has 0 amide bonds. The molecule has 0 aliphatic heterocycles. The maximum absolute atomic E-state index is 13.2. The summed E-state index contributed by atoms with van der Waals surface area (Å²) in [6.07, 6.45) is 0. The Morgan fingerprint density at radius 3 is 2.19 bits per heavy atom. The average molecular weight is 406 g/mol. The van der Waals surface area contributed by atoms with Crippen molar-refractivity contribution in [3.05, 3.63) is 76.9 Å². The molecule has 0 aliphatic rings. The fourth-order valence-corrected chi connectivity index (χ4v) is 5.99. The summed E-state index contributed by atoms with van der Waals surface area (Å²) in [7, 11) is -5.62. The molecule has 0 radical (unpaired) electrons. The molecule has 0 saturated carbocycles. The van der Waals surface area contributed by atoms with Crippen molar-refractivity contribution >= 4 is 32.2 Å². The topological polar surface area (TPSA) is 64.1 Å². The van der Waals surface area contributed by atoms with E-state index in [0.29, 0.717) is 21.2 Å². The monoisotopic (exact) mass is 405 g/mol. The first-order chi connectivity index (χ1) is 12.3. The van der Waals surface area contributed by atoms with E-state index in [-0.39, 0.29) is 14.8 Å². The molecule has 0 bridgehead atoms. The van der Waals surface area contributed by atoms with E-state index in [1.54, 1.807) is 62.4 Å². The minimum absolute atomic E-state index is 0.0115. The van der Waals surface area contributed by atoms with Crippen molar-refractivity contribution in [1.29, 1.82) is 0 Å². The van der Waals surface area contributed by atoms with Gasteiger partial charge in [0.2, 0.25) is 9.84 Å². The number of rotatable bonds is 4. The maximum atomic E-state index is 13.2. The summed E-state index contributed by atoms with van der Waals surface area (Å²) in [6, 6.07) is 16.2. The van der Waals surface area contributed by atoms with Gasteiger partial charge in [-0.05, 0) is 61.9 Å². The number of halogens is 1. The molecule has 0 unspecified atom stereocenters. The van der Waals surface area contributed by atoms with E-state index in [4.69, 9.17) is 11.6 Å². The Labute approximate surface area is 160 Å². The molecule has 7 heteroatoms. The molecule has 0 spiro atoms. The molecule has 134 valence electrons. The molecule has 0 saturated heterocycles. The third kappa shape index (κ3) is 3.58. The minimum Gasteiger partial charge on any atom is -0.247 e. The maximum Gasteiger partial charge on any atom is 0.209 e. The van der Waals surface area contributed by atoms with Crippen LogP contribution in [0.2, 0.25) is 5.02 Å². The van der Waals surface area contributed by atoms with E-state index < -0.39 is 20.6 Å². The van der Waals surface area contributed by atoms with Gasteiger partial charge in [-0.15, -0.1) is 0 Å². The summed E-state index contributed by atoms with van der Waals surface area (Å²) < 4.78 is 39.5. The normalized spacial score (nSPS) is 12.7. The van der Waals surface area contributed by atoms with Crippen LogP contribution in [0, 0.1) is 13.8 Å². The van der Waals surface area contributed by atoms with E-state index in [0.717, 1.165) is 0 Å². The van der Waals surface area contributed by atoms with Crippen LogP contribution in [0.1, 0.15) is 11.3 Å². The Kier molecular flexibility index (Phi) is 5.27. The van der Waals surface area contributed by atoms with Crippen LogP contribution in [0.15, 0.2) is 80.4 Å². The van der Waals surface area contributed by atoms with Crippen molar-refractivity contribution in [1.82, 2.24) is 4.98 Å². The van der Waals surface area contributed by atoms with Gasteiger partial charge in [0.25, 0.3) is 0 Å². The number of aromatic nitrogens is 1. The summed E-state index contributed by atoms with van der Waals surface area (Å²) in [5.41, 5.74) is 1.12. The van der Waals surface area contributed by atoms with Gasteiger partial charge in [-0.2, -0.15) is 0 Å². The first-order valence-electron chi connectivity index (χ1n) is 7.76. The predicted octanol–water partition coefficient (Wildman–Crippen LogP) is 4.35. The highest BCUT2D eigenvalue weighted by molar-refractivity contribution is 7.92. The highest BCUT2D eigenvalue weighted by atomic mass is 35.5. The zero-order valence-electron chi connectivity index (χ0n) is 14.1. The molecule has 3 aromatic rings. The Balaban J connectivity index is 2.24. The number of nitrogens with zero attached hydrogens (tertiary/aromatic N) is 1. The SMILES string of the molecule is Cc1cc(C)c(S(=O)(=O)c2ccccc2)c([S@@](=O)c2ccc(Cl)cc2)n1. The lowest BCUT2D eigenvalue weighted by Crippen LogP contribution is -2.12. The quantitative estimate of drug-likeness (QED) is 0.647. The van der Waals surface area contributed by atoms with Crippen LogP contribution < -0.4 is 0 Å². The van der Waals surface area contributed by atoms with E-state index in [9.17, 15) is 12.6 Å². The van der Waals surface area contributed by atoms with Gasteiger partial charge in [0.1, 0.15) is 15.7 Å². The standard InChI is InChI=1S/C19H16ClNO3S2/c1-13-12-14(2)21-19(25(22)16-10-8-15(20)9-11-16)18(13)26(23,24)17-6-4-3-5-7-17/h3-12H,1-2H3/t25-/m0/s1. The van der Waals surface area contributed by atoms with Crippen LogP contribution >= 0.6 is 11.6 Å². The first-order valence-corrected chi connectivity index (χ1v) is 10.8.